The highest BCUT2D eigenvalue weighted by Gasteiger charge is 2.37. The van der Waals surface area contributed by atoms with Crippen LogP contribution in [0.4, 0.5) is 11.4 Å². The quantitative estimate of drug-likeness (QED) is 0.576. The van der Waals surface area contributed by atoms with Crippen LogP contribution >= 0.6 is 0 Å². The van der Waals surface area contributed by atoms with Crippen LogP contribution in [-0.4, -0.2) is 68.6 Å². The van der Waals surface area contributed by atoms with E-state index < -0.39 is 5.41 Å². The molecule has 2 aliphatic rings. The molecule has 0 bridgehead atoms. The van der Waals surface area contributed by atoms with Crippen LogP contribution in [0, 0.1) is 18.3 Å². The second kappa shape index (κ2) is 11.6. The summed E-state index contributed by atoms with van der Waals surface area (Å²) in [5, 5.41) is 13.5. The van der Waals surface area contributed by atoms with Crippen LogP contribution in [0.3, 0.4) is 0 Å². The number of rotatable bonds is 8. The van der Waals surface area contributed by atoms with Crippen molar-refractivity contribution in [3.8, 4) is 6.07 Å². The van der Waals surface area contributed by atoms with Crippen LogP contribution < -0.4 is 10.2 Å². The molecule has 2 heterocycles. The van der Waals surface area contributed by atoms with Crippen molar-refractivity contribution in [3.63, 3.8) is 0 Å². The topological polar surface area (TPSA) is 62.6 Å². The number of carbonyl (C=O) groups excluding carboxylic acids is 1. The summed E-state index contributed by atoms with van der Waals surface area (Å²) in [6, 6.07) is 19.3. The van der Waals surface area contributed by atoms with E-state index in [1.807, 2.05) is 35.2 Å². The average molecular weight is 474 g/mol. The van der Waals surface area contributed by atoms with Crippen LogP contribution in [-0.2, 0) is 10.2 Å². The van der Waals surface area contributed by atoms with E-state index in [1.54, 1.807) is 0 Å². The van der Waals surface area contributed by atoms with E-state index in [0.29, 0.717) is 32.4 Å². The number of unbranched alkanes of at least 4 members (excludes halogenated alkanes) is 1. The molecular formula is C29H39N5O. The molecule has 0 atom stereocenters. The second-order valence-corrected chi connectivity index (χ2v) is 10.1. The third-order valence-electron chi connectivity index (χ3n) is 7.64. The SMILES string of the molecule is Cc1ccc(N2CCN(C)CC2)c(NCCCCC(=O)N2CCC(C#N)(c3ccccc3)CC2)c1. The Morgan fingerprint density at radius 1 is 1.00 bits per heavy atom. The van der Waals surface area contributed by atoms with Crippen LogP contribution in [0.25, 0.3) is 0 Å². The predicted octanol–water partition coefficient (Wildman–Crippen LogP) is 4.41. The van der Waals surface area contributed by atoms with Gasteiger partial charge in [0.2, 0.25) is 5.91 Å². The number of likely N-dealkylation sites (N-methyl/N-ethyl adjacent to an activating group) is 1. The van der Waals surface area contributed by atoms with Gasteiger partial charge < -0.3 is 20.0 Å². The Balaban J connectivity index is 1.21. The van der Waals surface area contributed by atoms with Gasteiger partial charge in [-0.2, -0.15) is 5.26 Å². The number of nitrogens with zero attached hydrogens (tertiary/aromatic N) is 4. The van der Waals surface area contributed by atoms with Crippen LogP contribution in [0.5, 0.6) is 0 Å². The van der Waals surface area contributed by atoms with Crippen molar-refractivity contribution < 1.29 is 4.79 Å². The van der Waals surface area contributed by atoms with Gasteiger partial charge in [0.15, 0.2) is 0 Å². The third kappa shape index (κ3) is 6.15. The molecule has 6 nitrogen and oxygen atoms in total. The molecule has 1 amide bonds. The maximum Gasteiger partial charge on any atom is 0.222 e. The Labute approximate surface area is 210 Å². The number of nitrogens with one attached hydrogen (secondary N) is 1. The molecule has 0 saturated carbocycles. The van der Waals surface area contributed by atoms with Crippen molar-refractivity contribution in [2.45, 2.75) is 44.4 Å². The Kier molecular flexibility index (Phi) is 8.30. The molecule has 0 radical (unpaired) electrons. The maximum absolute atomic E-state index is 12.8. The molecular weight excluding hydrogens is 434 g/mol. The summed E-state index contributed by atoms with van der Waals surface area (Å²) in [6.07, 6.45) is 3.83. The summed E-state index contributed by atoms with van der Waals surface area (Å²) >= 11 is 0. The standard InChI is InChI=1S/C29H39N5O/c1-24-11-12-27(33-20-18-32(2)19-21-33)26(22-24)31-15-7-6-10-28(35)34-16-13-29(23-30,14-17-34)25-8-4-3-5-9-25/h3-5,8-9,11-12,22,31H,6-7,10,13-21H2,1-2H3. The first-order valence-corrected chi connectivity index (χ1v) is 13.0. The molecule has 1 N–H and O–H groups in total. The van der Waals surface area contributed by atoms with Crippen LogP contribution in [0.2, 0.25) is 0 Å². The number of carbonyl (C=O) groups is 1. The number of likely N-dealkylation sites (tertiary alicyclic amines) is 1. The molecule has 0 aliphatic carbocycles. The normalized spacial score (nSPS) is 18.2. The zero-order chi connectivity index (χ0) is 24.7. The van der Waals surface area contributed by atoms with Gasteiger partial charge in [-0.15, -0.1) is 0 Å². The largest absolute Gasteiger partial charge is 0.383 e. The summed E-state index contributed by atoms with van der Waals surface area (Å²) in [4.78, 5) is 19.6. The summed E-state index contributed by atoms with van der Waals surface area (Å²) in [6.45, 7) is 8.61. The molecule has 4 rings (SSSR count). The molecule has 186 valence electrons. The lowest BCUT2D eigenvalue weighted by Crippen LogP contribution is -2.44. The van der Waals surface area contributed by atoms with E-state index in [9.17, 15) is 10.1 Å². The summed E-state index contributed by atoms with van der Waals surface area (Å²) in [5.41, 5.74) is 4.36. The lowest BCUT2D eigenvalue weighted by atomic mass is 9.74. The first kappa shape index (κ1) is 25.1. The first-order chi connectivity index (χ1) is 17.0. The predicted molar refractivity (Wildman–Crippen MR) is 143 cm³/mol. The summed E-state index contributed by atoms with van der Waals surface area (Å²) < 4.78 is 0. The molecule has 35 heavy (non-hydrogen) atoms. The van der Waals surface area contributed by atoms with Gasteiger partial charge in [-0.25, -0.2) is 0 Å². The molecule has 2 saturated heterocycles. The van der Waals surface area contributed by atoms with Gasteiger partial charge >= 0.3 is 0 Å². The highest BCUT2D eigenvalue weighted by Crippen LogP contribution is 2.35. The molecule has 2 aromatic rings. The fraction of sp³-hybridized carbons (Fsp3) is 0.517. The number of hydrogen-bond donors (Lipinski definition) is 1. The van der Waals surface area contributed by atoms with E-state index in [2.05, 4.69) is 53.4 Å². The summed E-state index contributed by atoms with van der Waals surface area (Å²) in [7, 11) is 2.18. The van der Waals surface area contributed by atoms with Gasteiger partial charge in [0.1, 0.15) is 0 Å². The molecule has 0 unspecified atom stereocenters. The van der Waals surface area contributed by atoms with Gasteiger partial charge in [0.05, 0.1) is 22.9 Å². The zero-order valence-corrected chi connectivity index (χ0v) is 21.3. The molecule has 2 aromatic carbocycles. The van der Waals surface area contributed by atoms with Crippen molar-refractivity contribution in [1.29, 1.82) is 5.26 Å². The maximum atomic E-state index is 12.8. The van der Waals surface area contributed by atoms with Gasteiger partial charge in [-0.05, 0) is 62.9 Å². The zero-order valence-electron chi connectivity index (χ0n) is 21.3. The number of amides is 1. The van der Waals surface area contributed by atoms with Crippen molar-refractivity contribution >= 4 is 17.3 Å². The van der Waals surface area contributed by atoms with E-state index in [0.717, 1.165) is 51.1 Å². The fourth-order valence-corrected chi connectivity index (χ4v) is 5.26. The van der Waals surface area contributed by atoms with Gasteiger partial charge in [0.25, 0.3) is 0 Å². The summed E-state index contributed by atoms with van der Waals surface area (Å²) in [5.74, 6) is 0.221. The molecule has 0 aromatic heterocycles. The van der Waals surface area contributed by atoms with Crippen LogP contribution in [0.1, 0.15) is 43.2 Å². The second-order valence-electron chi connectivity index (χ2n) is 10.1. The molecule has 2 aliphatic heterocycles. The van der Waals surface area contributed by atoms with Gasteiger partial charge in [-0.3, -0.25) is 4.79 Å². The number of piperazine rings is 1. The lowest BCUT2D eigenvalue weighted by Gasteiger charge is -2.37. The fourth-order valence-electron chi connectivity index (χ4n) is 5.26. The number of hydrogen-bond acceptors (Lipinski definition) is 5. The first-order valence-electron chi connectivity index (χ1n) is 13.0. The lowest BCUT2D eigenvalue weighted by molar-refractivity contribution is -0.132. The average Bonchev–Trinajstić information content (AvgIpc) is 2.89. The van der Waals surface area contributed by atoms with Gasteiger partial charge in [-0.1, -0.05) is 36.4 Å². The number of nitriles is 1. The Morgan fingerprint density at radius 2 is 1.71 bits per heavy atom. The van der Waals surface area contributed by atoms with E-state index >= 15 is 0 Å². The molecule has 6 heteroatoms. The highest BCUT2D eigenvalue weighted by atomic mass is 16.2. The highest BCUT2D eigenvalue weighted by molar-refractivity contribution is 5.76. The Bertz CT molecular complexity index is 1020. The number of piperidine rings is 1. The van der Waals surface area contributed by atoms with Crippen molar-refractivity contribution in [1.82, 2.24) is 9.80 Å². The van der Waals surface area contributed by atoms with Crippen molar-refractivity contribution in [2.75, 3.05) is 63.1 Å². The third-order valence-corrected chi connectivity index (χ3v) is 7.64. The number of aryl methyl sites for hydroxylation is 1. The smallest absolute Gasteiger partial charge is 0.222 e. The minimum atomic E-state index is -0.461. The van der Waals surface area contributed by atoms with Crippen molar-refractivity contribution in [3.05, 3.63) is 59.7 Å². The number of anilines is 2. The Hall–Kier alpha value is -3.04. The van der Waals surface area contributed by atoms with E-state index in [-0.39, 0.29) is 5.91 Å². The minimum absolute atomic E-state index is 0.221. The Morgan fingerprint density at radius 3 is 2.40 bits per heavy atom. The molecule has 0 spiro atoms. The van der Waals surface area contributed by atoms with E-state index in [4.69, 9.17) is 0 Å². The van der Waals surface area contributed by atoms with Crippen molar-refractivity contribution in [2.24, 2.45) is 0 Å². The minimum Gasteiger partial charge on any atom is -0.383 e. The number of benzene rings is 2. The van der Waals surface area contributed by atoms with E-state index in [1.165, 1.54) is 16.9 Å². The monoisotopic (exact) mass is 473 g/mol. The van der Waals surface area contributed by atoms with Crippen LogP contribution in [0.15, 0.2) is 48.5 Å². The van der Waals surface area contributed by atoms with Gasteiger partial charge in [0, 0.05) is 52.2 Å². The molecule has 2 fully saturated rings.